The van der Waals surface area contributed by atoms with Gasteiger partial charge in [-0.25, -0.2) is 4.79 Å². The van der Waals surface area contributed by atoms with Crippen molar-refractivity contribution in [3.8, 4) is 6.07 Å². The summed E-state index contributed by atoms with van der Waals surface area (Å²) in [5.74, 6) is -0.467. The van der Waals surface area contributed by atoms with E-state index in [0.29, 0.717) is 5.57 Å². The zero-order valence-corrected chi connectivity index (χ0v) is 16.0. The fourth-order valence-electron chi connectivity index (χ4n) is 5.52. The fourth-order valence-corrected chi connectivity index (χ4v) is 5.52. The summed E-state index contributed by atoms with van der Waals surface area (Å²) in [5.41, 5.74) is 4.22. The lowest BCUT2D eigenvalue weighted by molar-refractivity contribution is -0.139. The highest BCUT2D eigenvalue weighted by atomic mass is 16.5. The molecule has 0 saturated carbocycles. The fraction of sp³-hybridized carbons (Fsp3) is 0.455. The number of carbonyl (C=O) groups is 1. The van der Waals surface area contributed by atoms with Crippen LogP contribution in [0.15, 0.2) is 36.1 Å². The van der Waals surface area contributed by atoms with Gasteiger partial charge in [-0.2, -0.15) is 5.26 Å². The average molecular weight is 381 g/mol. The van der Waals surface area contributed by atoms with Crippen LogP contribution in [0.5, 0.6) is 0 Å². The number of ether oxygens (including phenoxy) is 2. The Kier molecular flexibility index (Phi) is 3.95. The molecule has 1 fully saturated rings. The van der Waals surface area contributed by atoms with Gasteiger partial charge in [0.25, 0.3) is 0 Å². The van der Waals surface area contributed by atoms with Crippen molar-refractivity contribution in [1.29, 1.82) is 5.26 Å². The highest BCUT2D eigenvalue weighted by Crippen LogP contribution is 2.50. The van der Waals surface area contributed by atoms with E-state index in [0.717, 1.165) is 24.9 Å². The van der Waals surface area contributed by atoms with Gasteiger partial charge in [-0.1, -0.05) is 18.2 Å². The molecule has 0 bridgehead atoms. The standard InChI is InChI=1S/C22H23N3O3.2H2/c1-12-20-15(16(11-28-12)22(26)27-2)9-18-21-14(7-8-25(18)19(20)10-23)13-5-3-4-6-17(13)24-21;;/h3-6,11-12,15,18-20,24H,7-9H2,1-2H3;2*1H/t12-,15?,18+,19?,20?;;/m0../s1. The van der Waals surface area contributed by atoms with Gasteiger partial charge >= 0.3 is 5.97 Å². The number of para-hydroxylation sites is 1. The summed E-state index contributed by atoms with van der Waals surface area (Å²) in [6.07, 6.45) is 3.13. The Balaban J connectivity index is 0.00000128. The number of hydrogen-bond acceptors (Lipinski definition) is 5. The third-order valence-corrected chi connectivity index (χ3v) is 6.77. The van der Waals surface area contributed by atoms with Crippen LogP contribution >= 0.6 is 0 Å². The van der Waals surface area contributed by atoms with Gasteiger partial charge in [0, 0.05) is 37.8 Å². The molecule has 0 amide bonds. The normalized spacial score (nSPS) is 31.6. The number of rotatable bonds is 1. The summed E-state index contributed by atoms with van der Waals surface area (Å²) < 4.78 is 10.8. The molecule has 5 rings (SSSR count). The van der Waals surface area contributed by atoms with Crippen LogP contribution in [0.3, 0.4) is 0 Å². The predicted molar refractivity (Wildman–Crippen MR) is 107 cm³/mol. The van der Waals surface area contributed by atoms with Crippen LogP contribution in [0.2, 0.25) is 0 Å². The quantitative estimate of drug-likeness (QED) is 0.764. The minimum atomic E-state index is -0.361. The van der Waals surface area contributed by atoms with E-state index < -0.39 is 0 Å². The molecule has 6 heteroatoms. The van der Waals surface area contributed by atoms with Gasteiger partial charge in [0.2, 0.25) is 0 Å². The molecule has 1 saturated heterocycles. The van der Waals surface area contributed by atoms with Crippen LogP contribution < -0.4 is 0 Å². The van der Waals surface area contributed by atoms with Crippen molar-refractivity contribution in [2.45, 2.75) is 38.0 Å². The summed E-state index contributed by atoms with van der Waals surface area (Å²) >= 11 is 0. The van der Waals surface area contributed by atoms with Crippen molar-refractivity contribution >= 4 is 16.9 Å². The van der Waals surface area contributed by atoms with E-state index in [9.17, 15) is 10.1 Å². The van der Waals surface area contributed by atoms with Gasteiger partial charge < -0.3 is 14.5 Å². The van der Waals surface area contributed by atoms with Crippen molar-refractivity contribution in [2.24, 2.45) is 11.8 Å². The van der Waals surface area contributed by atoms with E-state index in [4.69, 9.17) is 9.47 Å². The van der Waals surface area contributed by atoms with Crippen LogP contribution in [0.4, 0.5) is 0 Å². The topological polar surface area (TPSA) is 78.3 Å². The molecule has 3 unspecified atom stereocenters. The molecule has 3 aliphatic heterocycles. The van der Waals surface area contributed by atoms with Crippen LogP contribution in [-0.2, 0) is 20.7 Å². The van der Waals surface area contributed by atoms with E-state index in [1.54, 1.807) is 6.26 Å². The molecular formula is C22H27N3O3. The lowest BCUT2D eigenvalue weighted by atomic mass is 9.68. The smallest absolute Gasteiger partial charge is 0.337 e. The van der Waals surface area contributed by atoms with Gasteiger partial charge in [-0.05, 0) is 31.4 Å². The molecule has 0 aliphatic carbocycles. The van der Waals surface area contributed by atoms with E-state index >= 15 is 0 Å². The molecule has 1 N–H and O–H groups in total. The first-order valence-corrected chi connectivity index (χ1v) is 9.82. The maximum Gasteiger partial charge on any atom is 0.337 e. The predicted octanol–water partition coefficient (Wildman–Crippen LogP) is 3.56. The number of H-pyrrole nitrogens is 1. The molecule has 0 radical (unpaired) electrons. The number of fused-ring (bicyclic) bond motifs is 6. The SMILES string of the molecule is COC(=O)C1=CO[C@@H](C)C2C1C[C@@H]1c3[nH]c4ccccc4c3CCN1C2C#N.[HH].[HH]. The number of piperidine rings is 1. The number of aromatic nitrogens is 1. The second-order valence-electron chi connectivity index (χ2n) is 7.97. The van der Waals surface area contributed by atoms with Crippen LogP contribution in [0.1, 0.15) is 33.5 Å². The lowest BCUT2D eigenvalue weighted by Gasteiger charge is -2.51. The number of nitrogens with one attached hydrogen (secondary N) is 1. The van der Waals surface area contributed by atoms with Gasteiger partial charge in [-0.3, -0.25) is 4.90 Å². The molecule has 0 spiro atoms. The molecule has 6 nitrogen and oxygen atoms in total. The molecule has 4 heterocycles. The number of nitriles is 1. The van der Waals surface area contributed by atoms with Crippen molar-refractivity contribution in [3.05, 3.63) is 47.4 Å². The first-order chi connectivity index (χ1) is 13.6. The van der Waals surface area contributed by atoms with E-state index in [-0.39, 0.29) is 38.8 Å². The average Bonchev–Trinajstić information content (AvgIpc) is 3.11. The number of aromatic amines is 1. The molecule has 2 aromatic rings. The molecule has 5 atom stereocenters. The number of nitrogens with zero attached hydrogens (tertiary/aromatic N) is 2. The monoisotopic (exact) mass is 381 g/mol. The number of carbonyl (C=O) groups excluding carboxylic acids is 1. The number of esters is 1. The zero-order chi connectivity index (χ0) is 19.4. The van der Waals surface area contributed by atoms with Crippen molar-refractivity contribution < 1.29 is 17.1 Å². The van der Waals surface area contributed by atoms with E-state index in [1.165, 1.54) is 23.8 Å². The zero-order valence-electron chi connectivity index (χ0n) is 16.0. The van der Waals surface area contributed by atoms with Crippen molar-refractivity contribution in [1.82, 2.24) is 9.88 Å². The molecule has 28 heavy (non-hydrogen) atoms. The summed E-state index contributed by atoms with van der Waals surface area (Å²) in [6.45, 7) is 2.83. The van der Waals surface area contributed by atoms with Crippen LogP contribution in [0.25, 0.3) is 10.9 Å². The Bertz CT molecular complexity index is 1030. The first kappa shape index (κ1) is 17.3. The highest BCUT2D eigenvalue weighted by molar-refractivity contribution is 5.89. The number of methoxy groups -OCH3 is 1. The van der Waals surface area contributed by atoms with Crippen LogP contribution in [-0.4, -0.2) is 41.7 Å². The molecule has 1 aromatic heterocycles. The summed E-state index contributed by atoms with van der Waals surface area (Å²) in [4.78, 5) is 18.3. The molecular weight excluding hydrogens is 354 g/mol. The van der Waals surface area contributed by atoms with E-state index in [1.807, 2.05) is 13.0 Å². The van der Waals surface area contributed by atoms with Gasteiger partial charge in [0.15, 0.2) is 0 Å². The maximum atomic E-state index is 12.4. The Labute approximate surface area is 166 Å². The van der Waals surface area contributed by atoms with Gasteiger partial charge in [0.05, 0.1) is 31.1 Å². The Morgan fingerprint density at radius 2 is 2.25 bits per heavy atom. The summed E-state index contributed by atoms with van der Waals surface area (Å²) in [7, 11) is 1.39. The largest absolute Gasteiger partial charge is 0.497 e. The lowest BCUT2D eigenvalue weighted by Crippen LogP contribution is -2.57. The summed E-state index contributed by atoms with van der Waals surface area (Å²) in [5, 5.41) is 11.3. The molecule has 148 valence electrons. The minimum Gasteiger partial charge on any atom is -0.497 e. The van der Waals surface area contributed by atoms with Crippen molar-refractivity contribution in [2.75, 3.05) is 13.7 Å². The second-order valence-corrected chi connectivity index (χ2v) is 7.97. The Morgan fingerprint density at radius 1 is 1.43 bits per heavy atom. The minimum absolute atomic E-state index is 0. The van der Waals surface area contributed by atoms with Gasteiger partial charge in [0.1, 0.15) is 12.1 Å². The van der Waals surface area contributed by atoms with Crippen molar-refractivity contribution in [3.63, 3.8) is 0 Å². The summed E-state index contributed by atoms with van der Waals surface area (Å²) in [6, 6.07) is 10.7. The highest BCUT2D eigenvalue weighted by Gasteiger charge is 2.52. The van der Waals surface area contributed by atoms with E-state index in [2.05, 4.69) is 34.2 Å². The number of benzene rings is 1. The maximum absolute atomic E-state index is 12.4. The van der Waals surface area contributed by atoms with Gasteiger partial charge in [-0.15, -0.1) is 0 Å². The van der Waals surface area contributed by atoms with Crippen LogP contribution in [0, 0.1) is 23.2 Å². The molecule has 3 aliphatic rings. The first-order valence-electron chi connectivity index (χ1n) is 9.82. The Hall–Kier alpha value is -2.78. The third-order valence-electron chi connectivity index (χ3n) is 6.77. The second kappa shape index (κ2) is 6.39. The third kappa shape index (κ3) is 2.33. The Morgan fingerprint density at radius 3 is 3.04 bits per heavy atom. The molecule has 1 aromatic carbocycles. The number of hydrogen-bond donors (Lipinski definition) is 1.